The number of carboxylic acids is 1. The average Bonchev–Trinajstić information content (AvgIpc) is 2.71. The molecule has 1 fully saturated rings. The van der Waals surface area contributed by atoms with Crippen LogP contribution in [0.4, 0.5) is 4.79 Å². The van der Waals surface area contributed by atoms with E-state index in [1.165, 1.54) is 6.08 Å². The van der Waals surface area contributed by atoms with Crippen molar-refractivity contribution in [3.8, 4) is 11.3 Å². The smallest absolute Gasteiger partial charge is 0.410 e. The number of hydrogen-bond acceptors (Lipinski definition) is 5. The molecule has 158 valence electrons. The third-order valence-corrected chi connectivity index (χ3v) is 4.73. The number of ether oxygens (including phenoxy) is 1. The zero-order valence-corrected chi connectivity index (χ0v) is 17.5. The highest BCUT2D eigenvalue weighted by Crippen LogP contribution is 2.32. The molecule has 0 saturated carbocycles. The summed E-state index contributed by atoms with van der Waals surface area (Å²) in [5.74, 6) is -0.998. The molecule has 1 aliphatic heterocycles. The molecule has 2 aromatic rings. The number of aromatic nitrogens is 2. The van der Waals surface area contributed by atoms with Crippen molar-refractivity contribution in [3.05, 3.63) is 54.0 Å². The van der Waals surface area contributed by atoms with E-state index in [9.17, 15) is 9.59 Å². The van der Waals surface area contributed by atoms with Gasteiger partial charge in [0, 0.05) is 18.2 Å². The number of nitrogens with zero attached hydrogens (tertiary/aromatic N) is 3. The van der Waals surface area contributed by atoms with Crippen LogP contribution in [0.3, 0.4) is 0 Å². The summed E-state index contributed by atoms with van der Waals surface area (Å²) in [7, 11) is 0. The second-order valence-corrected chi connectivity index (χ2v) is 8.31. The molecule has 1 unspecified atom stereocenters. The quantitative estimate of drug-likeness (QED) is 0.736. The molecule has 1 aromatic heterocycles. The van der Waals surface area contributed by atoms with Gasteiger partial charge in [-0.15, -0.1) is 0 Å². The fourth-order valence-electron chi connectivity index (χ4n) is 3.43. The monoisotopic (exact) mass is 409 g/mol. The van der Waals surface area contributed by atoms with Gasteiger partial charge in [-0.1, -0.05) is 18.2 Å². The van der Waals surface area contributed by atoms with Crippen LogP contribution < -0.4 is 0 Å². The van der Waals surface area contributed by atoms with E-state index in [2.05, 4.69) is 4.98 Å². The standard InChI is InChI=1S/C23H27N3O4/c1-23(2,3)30-22(29)26-12-5-4-9-20(26)19-15-24-14-18(25-19)17-8-6-7-16(13-17)10-11-21(27)28/h6-8,10-11,13-15,20H,4-5,9,12H2,1-3H3,(H,27,28)/b11-10+. The van der Waals surface area contributed by atoms with Crippen molar-refractivity contribution >= 4 is 18.1 Å². The Balaban J connectivity index is 1.88. The van der Waals surface area contributed by atoms with Gasteiger partial charge in [-0.25, -0.2) is 14.6 Å². The summed E-state index contributed by atoms with van der Waals surface area (Å²) in [5, 5.41) is 8.83. The van der Waals surface area contributed by atoms with Crippen molar-refractivity contribution in [1.29, 1.82) is 0 Å². The van der Waals surface area contributed by atoms with Crippen molar-refractivity contribution in [1.82, 2.24) is 14.9 Å². The van der Waals surface area contributed by atoms with Gasteiger partial charge >= 0.3 is 12.1 Å². The maximum Gasteiger partial charge on any atom is 0.410 e. The van der Waals surface area contributed by atoms with Crippen LogP contribution in [0.1, 0.15) is 57.3 Å². The minimum absolute atomic E-state index is 0.184. The van der Waals surface area contributed by atoms with Crippen LogP contribution in [0.2, 0.25) is 0 Å². The van der Waals surface area contributed by atoms with Crippen LogP contribution in [-0.4, -0.2) is 44.2 Å². The van der Waals surface area contributed by atoms with Gasteiger partial charge in [0.1, 0.15) is 5.60 Å². The second-order valence-electron chi connectivity index (χ2n) is 8.31. The third kappa shape index (κ3) is 5.65. The molecule has 1 N–H and O–H groups in total. The van der Waals surface area contributed by atoms with E-state index in [-0.39, 0.29) is 12.1 Å². The Morgan fingerprint density at radius 3 is 2.77 bits per heavy atom. The topological polar surface area (TPSA) is 92.6 Å². The van der Waals surface area contributed by atoms with Crippen molar-refractivity contribution in [2.75, 3.05) is 6.54 Å². The molecule has 1 saturated heterocycles. The van der Waals surface area contributed by atoms with Gasteiger partial charge < -0.3 is 9.84 Å². The summed E-state index contributed by atoms with van der Waals surface area (Å²) in [6, 6.07) is 7.25. The third-order valence-electron chi connectivity index (χ3n) is 4.73. The minimum atomic E-state index is -0.998. The normalized spacial score (nSPS) is 17.2. The van der Waals surface area contributed by atoms with Crippen molar-refractivity contribution in [2.45, 2.75) is 51.7 Å². The maximum absolute atomic E-state index is 12.7. The number of carboxylic acid groups (broad SMARTS) is 1. The predicted molar refractivity (Wildman–Crippen MR) is 114 cm³/mol. The summed E-state index contributed by atoms with van der Waals surface area (Å²) in [5.41, 5.74) is 2.43. The Labute approximate surface area is 176 Å². The van der Waals surface area contributed by atoms with Crippen LogP contribution in [0.25, 0.3) is 17.3 Å². The molecule has 0 spiro atoms. The summed E-state index contributed by atoms with van der Waals surface area (Å²) in [6.45, 7) is 6.20. The number of piperidine rings is 1. The van der Waals surface area contributed by atoms with Crippen LogP contribution in [-0.2, 0) is 9.53 Å². The second kappa shape index (κ2) is 9.07. The highest BCUT2D eigenvalue weighted by Gasteiger charge is 2.32. The Bertz CT molecular complexity index is 949. The Morgan fingerprint density at radius 2 is 2.03 bits per heavy atom. The van der Waals surface area contributed by atoms with Crippen molar-refractivity contribution < 1.29 is 19.4 Å². The van der Waals surface area contributed by atoms with E-state index in [1.807, 2.05) is 45.0 Å². The molecule has 7 nitrogen and oxygen atoms in total. The highest BCUT2D eigenvalue weighted by molar-refractivity contribution is 5.85. The van der Waals surface area contributed by atoms with E-state index >= 15 is 0 Å². The number of benzene rings is 1. The van der Waals surface area contributed by atoms with E-state index in [0.717, 1.165) is 42.2 Å². The number of carbonyl (C=O) groups excluding carboxylic acids is 1. The fraction of sp³-hybridized carbons (Fsp3) is 0.391. The number of carbonyl (C=O) groups is 2. The van der Waals surface area contributed by atoms with Crippen LogP contribution in [0.5, 0.6) is 0 Å². The lowest BCUT2D eigenvalue weighted by molar-refractivity contribution is -0.131. The number of likely N-dealkylation sites (tertiary alicyclic amines) is 1. The zero-order valence-electron chi connectivity index (χ0n) is 17.5. The molecule has 7 heteroatoms. The Kier molecular flexibility index (Phi) is 6.50. The lowest BCUT2D eigenvalue weighted by Gasteiger charge is -2.36. The van der Waals surface area contributed by atoms with Gasteiger partial charge in [-0.05, 0) is 57.7 Å². The van der Waals surface area contributed by atoms with E-state index in [4.69, 9.17) is 14.8 Å². The molecule has 1 atom stereocenters. The lowest BCUT2D eigenvalue weighted by Crippen LogP contribution is -2.42. The molecule has 30 heavy (non-hydrogen) atoms. The molecule has 3 rings (SSSR count). The Morgan fingerprint density at radius 1 is 1.23 bits per heavy atom. The minimum Gasteiger partial charge on any atom is -0.478 e. The summed E-state index contributed by atoms with van der Waals surface area (Å²) < 4.78 is 5.59. The van der Waals surface area contributed by atoms with Crippen LogP contribution >= 0.6 is 0 Å². The van der Waals surface area contributed by atoms with Gasteiger partial charge in [-0.2, -0.15) is 0 Å². The van der Waals surface area contributed by atoms with E-state index in [0.29, 0.717) is 12.2 Å². The van der Waals surface area contributed by atoms with Gasteiger partial charge in [0.05, 0.1) is 29.8 Å². The lowest BCUT2D eigenvalue weighted by atomic mass is 9.99. The zero-order chi connectivity index (χ0) is 21.7. The number of rotatable bonds is 4. The summed E-state index contributed by atoms with van der Waals surface area (Å²) in [4.78, 5) is 34.4. The molecular weight excluding hydrogens is 382 g/mol. The van der Waals surface area contributed by atoms with Crippen LogP contribution in [0.15, 0.2) is 42.7 Å². The van der Waals surface area contributed by atoms with Gasteiger partial charge in [0.2, 0.25) is 0 Å². The molecule has 0 bridgehead atoms. The largest absolute Gasteiger partial charge is 0.478 e. The summed E-state index contributed by atoms with van der Waals surface area (Å²) >= 11 is 0. The molecule has 1 aromatic carbocycles. The first-order chi connectivity index (χ1) is 14.2. The predicted octanol–water partition coefficient (Wildman–Crippen LogP) is 4.70. The highest BCUT2D eigenvalue weighted by atomic mass is 16.6. The first-order valence-electron chi connectivity index (χ1n) is 10.1. The van der Waals surface area contributed by atoms with Gasteiger partial charge in [0.15, 0.2) is 0 Å². The fourth-order valence-corrected chi connectivity index (χ4v) is 3.43. The molecule has 1 aliphatic rings. The molecule has 2 heterocycles. The van der Waals surface area contributed by atoms with E-state index < -0.39 is 11.6 Å². The first kappa shape index (κ1) is 21.5. The molecule has 0 radical (unpaired) electrons. The molecule has 0 aliphatic carbocycles. The molecule has 1 amide bonds. The van der Waals surface area contributed by atoms with Crippen LogP contribution in [0, 0.1) is 0 Å². The van der Waals surface area contributed by atoms with E-state index in [1.54, 1.807) is 17.3 Å². The number of hydrogen-bond donors (Lipinski definition) is 1. The Hall–Kier alpha value is -3.22. The van der Waals surface area contributed by atoms with Crippen molar-refractivity contribution in [2.24, 2.45) is 0 Å². The maximum atomic E-state index is 12.7. The number of aliphatic carboxylic acids is 1. The van der Waals surface area contributed by atoms with Gasteiger partial charge in [0.25, 0.3) is 0 Å². The van der Waals surface area contributed by atoms with Gasteiger partial charge in [-0.3, -0.25) is 9.88 Å². The summed E-state index contributed by atoms with van der Waals surface area (Å²) in [6.07, 6.45) is 8.41. The SMILES string of the molecule is CC(C)(C)OC(=O)N1CCCCC1c1cncc(-c2cccc(/C=C/C(=O)O)c2)n1. The molecular formula is C23H27N3O4. The number of amides is 1. The van der Waals surface area contributed by atoms with Crippen molar-refractivity contribution in [3.63, 3.8) is 0 Å². The average molecular weight is 409 g/mol. The first-order valence-corrected chi connectivity index (χ1v) is 10.1.